The number of anilines is 2. The zero-order valence-electron chi connectivity index (χ0n) is 26.6. The van der Waals surface area contributed by atoms with Gasteiger partial charge in [-0.05, 0) is 56.1 Å². The van der Waals surface area contributed by atoms with Crippen molar-refractivity contribution < 1.29 is 24.2 Å². The Bertz CT molecular complexity index is 1520. The van der Waals surface area contributed by atoms with E-state index in [1.165, 1.54) is 0 Å². The number of aryl methyl sites for hydroxylation is 1. The van der Waals surface area contributed by atoms with Crippen molar-refractivity contribution in [3.05, 3.63) is 71.5 Å². The Morgan fingerprint density at radius 1 is 1.07 bits per heavy atom. The molecule has 0 saturated carbocycles. The van der Waals surface area contributed by atoms with E-state index in [0.29, 0.717) is 44.6 Å². The highest BCUT2D eigenvalue weighted by atomic mass is 28.4. The molecule has 3 aliphatic heterocycles. The highest BCUT2D eigenvalue weighted by molar-refractivity contribution is 6.71. The number of ether oxygens (including phenoxy) is 1. The molecule has 0 aliphatic carbocycles. The number of aliphatic hydroxyl groups excluding tert-OH is 1. The average Bonchev–Trinajstić information content (AvgIpc) is 3.65. The molecule has 11 heteroatoms. The topological polar surface area (TPSA) is 121 Å². The number of fused-ring (bicyclic) bond motifs is 2. The van der Waals surface area contributed by atoms with Crippen molar-refractivity contribution in [3.63, 3.8) is 0 Å². The third-order valence-corrected chi connectivity index (χ3v) is 12.4. The maximum Gasteiger partial charge on any atom is 0.264 e. The quantitative estimate of drug-likeness (QED) is 0.333. The molecule has 2 amide bonds. The number of hydrogen-bond donors (Lipinski definition) is 2. The molecular weight excluding hydrogens is 586 g/mol. The van der Waals surface area contributed by atoms with E-state index in [4.69, 9.17) is 4.74 Å². The van der Waals surface area contributed by atoms with E-state index < -0.39 is 20.0 Å². The van der Waals surface area contributed by atoms with Gasteiger partial charge in [0.05, 0.1) is 24.0 Å². The lowest BCUT2D eigenvalue weighted by atomic mass is 9.82. The van der Waals surface area contributed by atoms with E-state index in [-0.39, 0.29) is 29.9 Å². The average molecular weight is 632 g/mol. The van der Waals surface area contributed by atoms with Gasteiger partial charge in [0.2, 0.25) is 5.91 Å². The first-order valence-electron chi connectivity index (χ1n) is 16.3. The van der Waals surface area contributed by atoms with Gasteiger partial charge in [0.15, 0.2) is 13.9 Å². The van der Waals surface area contributed by atoms with Crippen LogP contribution in [0.3, 0.4) is 0 Å². The van der Waals surface area contributed by atoms with Gasteiger partial charge in [0.25, 0.3) is 5.91 Å². The largest absolute Gasteiger partial charge is 0.432 e. The summed E-state index contributed by atoms with van der Waals surface area (Å²) in [4.78, 5) is 43.5. The number of benzene rings is 2. The second-order valence-electron chi connectivity index (χ2n) is 13.4. The van der Waals surface area contributed by atoms with E-state index in [9.17, 15) is 19.5 Å². The summed E-state index contributed by atoms with van der Waals surface area (Å²) in [6.07, 6.45) is 6.92. The fraction of sp³-hybridized carbons (Fsp3) is 0.529. The Labute approximate surface area is 266 Å². The summed E-state index contributed by atoms with van der Waals surface area (Å²) in [5, 5.41) is 17.7. The van der Waals surface area contributed by atoms with E-state index in [2.05, 4.69) is 10.3 Å². The molecule has 3 aromatic rings. The number of rotatable bonds is 9. The van der Waals surface area contributed by atoms with Gasteiger partial charge < -0.3 is 24.4 Å². The fourth-order valence-electron chi connectivity index (χ4n) is 7.80. The van der Waals surface area contributed by atoms with Crippen molar-refractivity contribution in [2.45, 2.75) is 95.3 Å². The van der Waals surface area contributed by atoms with Crippen molar-refractivity contribution >= 4 is 31.5 Å². The van der Waals surface area contributed by atoms with E-state index in [1.807, 2.05) is 84.5 Å². The van der Waals surface area contributed by atoms with Crippen LogP contribution >= 0.6 is 0 Å². The van der Waals surface area contributed by atoms with Crippen molar-refractivity contribution in [1.29, 1.82) is 0 Å². The Morgan fingerprint density at radius 3 is 2.60 bits per heavy atom. The third-order valence-electron chi connectivity index (χ3n) is 9.88. The van der Waals surface area contributed by atoms with Gasteiger partial charge in [-0.15, -0.1) is 5.10 Å². The lowest BCUT2D eigenvalue weighted by Crippen LogP contribution is -2.46. The molecule has 0 unspecified atom stereocenters. The first kappa shape index (κ1) is 31.6. The summed E-state index contributed by atoms with van der Waals surface area (Å²) in [5.41, 5.74) is 2.57. The monoisotopic (exact) mass is 631 g/mol. The minimum atomic E-state index is -2.84. The van der Waals surface area contributed by atoms with Crippen LogP contribution in [0.25, 0.3) is 0 Å². The Hall–Kier alpha value is -3.38. The molecule has 2 saturated heterocycles. The second-order valence-corrected chi connectivity index (χ2v) is 17.4. The minimum absolute atomic E-state index is 0.00283. The molecule has 2 fully saturated rings. The Morgan fingerprint density at radius 2 is 1.84 bits per heavy atom. The predicted molar refractivity (Wildman–Crippen MR) is 174 cm³/mol. The SMILES string of the molecule is C[C@@H]1[C@@H]([Si](C)(C)O)[C@H](CCn2cc(CCO)nn2)O[C@@]12C(=O)N(Cc1ccccc1)c1ccc(N3CCCCCCC3=O)cc12. The highest BCUT2D eigenvalue weighted by Gasteiger charge is 2.66. The normalized spacial score (nSPS) is 25.6. The van der Waals surface area contributed by atoms with E-state index >= 15 is 0 Å². The van der Waals surface area contributed by atoms with Gasteiger partial charge >= 0.3 is 0 Å². The molecule has 4 heterocycles. The Kier molecular flexibility index (Phi) is 8.97. The summed E-state index contributed by atoms with van der Waals surface area (Å²) in [5.74, 6) is -0.315. The van der Waals surface area contributed by atoms with Crippen LogP contribution in [0.5, 0.6) is 0 Å². The van der Waals surface area contributed by atoms with Gasteiger partial charge in [-0.1, -0.05) is 55.3 Å². The summed E-state index contributed by atoms with van der Waals surface area (Å²) in [6, 6.07) is 15.9. The van der Waals surface area contributed by atoms with Gasteiger partial charge in [-0.2, -0.15) is 0 Å². The maximum atomic E-state index is 14.8. The van der Waals surface area contributed by atoms with E-state index in [0.717, 1.165) is 48.2 Å². The number of hydrogen-bond acceptors (Lipinski definition) is 7. The van der Waals surface area contributed by atoms with Crippen molar-refractivity contribution in [2.24, 2.45) is 5.92 Å². The molecule has 2 N–H and O–H groups in total. The van der Waals surface area contributed by atoms with Crippen LogP contribution in [0.15, 0.2) is 54.7 Å². The standard InChI is InChI=1S/C34H45N5O5Si/c1-24-32(45(2,3)43)30(16-19-37-23-26(17-20-40)35-36-37)44-34(24)28-21-27(38-18-10-5-4-9-13-31(38)41)14-15-29(28)39(33(34)42)22-25-11-7-6-8-12-25/h6-8,11-12,14-15,21,23-24,30,32,40,43H,4-5,9-10,13,16-20,22H2,1-3H3/t24-,30+,32-,34+/m1/s1. The van der Waals surface area contributed by atoms with Crippen LogP contribution in [0, 0.1) is 5.92 Å². The molecule has 0 radical (unpaired) electrons. The molecule has 0 bridgehead atoms. The molecule has 1 spiro atoms. The van der Waals surface area contributed by atoms with Crippen LogP contribution in [-0.2, 0) is 39.4 Å². The number of amides is 2. The van der Waals surface area contributed by atoms with Gasteiger partial charge in [0, 0.05) is 61.4 Å². The molecule has 45 heavy (non-hydrogen) atoms. The zero-order valence-corrected chi connectivity index (χ0v) is 27.6. The first-order chi connectivity index (χ1) is 21.6. The Balaban J connectivity index is 1.40. The number of carbonyl (C=O) groups excluding carboxylic acids is 2. The summed E-state index contributed by atoms with van der Waals surface area (Å²) in [7, 11) is -2.84. The van der Waals surface area contributed by atoms with Crippen LogP contribution in [-0.4, -0.2) is 64.3 Å². The number of nitrogens with zero attached hydrogens (tertiary/aromatic N) is 5. The van der Waals surface area contributed by atoms with Crippen LogP contribution in [0.1, 0.15) is 62.3 Å². The molecular formula is C34H45N5O5Si. The lowest BCUT2D eigenvalue weighted by molar-refractivity contribution is -0.146. The minimum Gasteiger partial charge on any atom is -0.432 e. The third kappa shape index (κ3) is 5.98. The van der Waals surface area contributed by atoms with Gasteiger partial charge in [-0.3, -0.25) is 14.3 Å². The molecule has 4 atom stereocenters. The number of aliphatic hydroxyl groups is 1. The van der Waals surface area contributed by atoms with Crippen molar-refractivity contribution in [2.75, 3.05) is 23.0 Å². The summed E-state index contributed by atoms with van der Waals surface area (Å²) in [6.45, 7) is 7.46. The van der Waals surface area contributed by atoms with Crippen LogP contribution < -0.4 is 9.80 Å². The number of aromatic nitrogens is 3. The van der Waals surface area contributed by atoms with Crippen molar-refractivity contribution in [1.82, 2.24) is 15.0 Å². The van der Waals surface area contributed by atoms with Crippen LogP contribution in [0.2, 0.25) is 18.6 Å². The maximum absolute atomic E-state index is 14.8. The fourth-order valence-corrected chi connectivity index (χ4v) is 10.4. The molecule has 240 valence electrons. The highest BCUT2D eigenvalue weighted by Crippen LogP contribution is 2.60. The first-order valence-corrected chi connectivity index (χ1v) is 19.4. The van der Waals surface area contributed by atoms with Crippen LogP contribution in [0.4, 0.5) is 11.4 Å². The summed E-state index contributed by atoms with van der Waals surface area (Å²) < 4.78 is 8.78. The number of carbonyl (C=O) groups is 2. The summed E-state index contributed by atoms with van der Waals surface area (Å²) >= 11 is 0. The van der Waals surface area contributed by atoms with Crippen molar-refractivity contribution in [3.8, 4) is 0 Å². The second kappa shape index (κ2) is 12.8. The molecule has 6 rings (SSSR count). The molecule has 2 aromatic carbocycles. The molecule has 3 aliphatic rings. The lowest BCUT2D eigenvalue weighted by Gasteiger charge is -2.33. The molecule has 10 nitrogen and oxygen atoms in total. The molecule has 1 aromatic heterocycles. The van der Waals surface area contributed by atoms with E-state index in [1.54, 1.807) is 4.68 Å². The smallest absolute Gasteiger partial charge is 0.264 e. The van der Waals surface area contributed by atoms with Gasteiger partial charge in [-0.25, -0.2) is 0 Å². The predicted octanol–water partition coefficient (Wildman–Crippen LogP) is 4.54. The van der Waals surface area contributed by atoms with Gasteiger partial charge in [0.1, 0.15) is 0 Å². The zero-order chi connectivity index (χ0) is 31.8.